The van der Waals surface area contributed by atoms with Crippen molar-refractivity contribution in [3.05, 3.63) is 36.5 Å². The molecule has 2 heterocycles. The van der Waals surface area contributed by atoms with Gasteiger partial charge in [-0.2, -0.15) is 0 Å². The van der Waals surface area contributed by atoms with Gasteiger partial charge >= 0.3 is 0 Å². The number of rotatable bonds is 36. The third-order valence-electron chi connectivity index (χ3n) is 11.8. The minimum absolute atomic E-state index is 0.330. The van der Waals surface area contributed by atoms with Gasteiger partial charge in [-0.15, -0.1) is 0 Å². The lowest BCUT2D eigenvalue weighted by atomic mass is 9.97. The average Bonchev–Trinajstić information content (AvgIpc) is 3.26. The fourth-order valence-electron chi connectivity index (χ4n) is 7.94. The van der Waals surface area contributed by atoms with Crippen molar-refractivity contribution in [1.29, 1.82) is 0 Å². The van der Waals surface area contributed by atoms with Crippen LogP contribution in [0.2, 0.25) is 0 Å². The molecular formula is C48H87NO13. The zero-order valence-corrected chi connectivity index (χ0v) is 38.1. The minimum Gasteiger partial charge on any atom is -0.394 e. The SMILES string of the molecule is CCCCCCCCCCCCCCCCCCCCC/C=C/CC/C=C/CC/C=C/C(O)C(COC1OC(CO)C(OC2OC(CO)C(O)C(O)C2O)C(O)C1O)NC(C)=O. The lowest BCUT2D eigenvalue weighted by molar-refractivity contribution is -0.359. The van der Waals surface area contributed by atoms with Gasteiger partial charge < -0.3 is 65.1 Å². The Bertz CT molecular complexity index is 1190. The van der Waals surface area contributed by atoms with E-state index in [0.29, 0.717) is 6.42 Å². The number of aliphatic hydroxyl groups is 8. The van der Waals surface area contributed by atoms with Crippen LogP contribution in [0.4, 0.5) is 0 Å². The quantitative estimate of drug-likeness (QED) is 0.0279. The summed E-state index contributed by atoms with van der Waals surface area (Å²) in [6.07, 6.45) is 26.2. The highest BCUT2D eigenvalue weighted by Gasteiger charge is 2.50. The van der Waals surface area contributed by atoms with Crippen LogP contribution in [0.5, 0.6) is 0 Å². The first-order chi connectivity index (χ1) is 30.0. The summed E-state index contributed by atoms with van der Waals surface area (Å²) in [4.78, 5) is 11.9. The first kappa shape index (κ1) is 56.3. The molecule has 0 bridgehead atoms. The molecule has 14 nitrogen and oxygen atoms in total. The second-order valence-electron chi connectivity index (χ2n) is 17.3. The molecule has 0 aliphatic carbocycles. The maximum absolute atomic E-state index is 11.9. The maximum Gasteiger partial charge on any atom is 0.217 e. The summed E-state index contributed by atoms with van der Waals surface area (Å²) >= 11 is 0. The number of nitrogens with one attached hydrogen (secondary N) is 1. The maximum atomic E-state index is 11.9. The lowest BCUT2D eigenvalue weighted by Crippen LogP contribution is -2.65. The van der Waals surface area contributed by atoms with Gasteiger partial charge in [0.15, 0.2) is 12.6 Å². The molecule has 0 aromatic carbocycles. The smallest absolute Gasteiger partial charge is 0.217 e. The van der Waals surface area contributed by atoms with Crippen LogP contribution in [-0.2, 0) is 23.7 Å². The molecule has 0 aromatic rings. The zero-order valence-electron chi connectivity index (χ0n) is 38.1. The largest absolute Gasteiger partial charge is 0.394 e. The van der Waals surface area contributed by atoms with E-state index < -0.39 is 92.7 Å². The van der Waals surface area contributed by atoms with Gasteiger partial charge in [-0.25, -0.2) is 0 Å². The molecule has 0 saturated carbocycles. The number of amides is 1. The number of ether oxygens (including phenoxy) is 4. The van der Waals surface area contributed by atoms with E-state index in [4.69, 9.17) is 18.9 Å². The summed E-state index contributed by atoms with van der Waals surface area (Å²) in [5.74, 6) is -0.431. The molecule has 2 saturated heterocycles. The van der Waals surface area contributed by atoms with E-state index in [0.717, 1.165) is 25.7 Å². The summed E-state index contributed by atoms with van der Waals surface area (Å²) in [5.41, 5.74) is 0. The molecular weight excluding hydrogens is 799 g/mol. The Balaban J connectivity index is 1.54. The summed E-state index contributed by atoms with van der Waals surface area (Å²) in [7, 11) is 0. The summed E-state index contributed by atoms with van der Waals surface area (Å²) in [6.45, 7) is 1.80. The molecule has 362 valence electrons. The summed E-state index contributed by atoms with van der Waals surface area (Å²) < 4.78 is 22.2. The second kappa shape index (κ2) is 35.5. The van der Waals surface area contributed by atoms with Crippen LogP contribution in [-0.4, -0.2) is 140 Å². The molecule has 0 aromatic heterocycles. The van der Waals surface area contributed by atoms with Crippen molar-refractivity contribution in [2.24, 2.45) is 0 Å². The van der Waals surface area contributed by atoms with Crippen LogP contribution in [0.3, 0.4) is 0 Å². The highest BCUT2D eigenvalue weighted by molar-refractivity contribution is 5.73. The third-order valence-corrected chi connectivity index (χ3v) is 11.8. The summed E-state index contributed by atoms with van der Waals surface area (Å²) in [5, 5.41) is 85.0. The van der Waals surface area contributed by atoms with Gasteiger partial charge in [-0.05, 0) is 38.5 Å². The molecule has 2 rings (SSSR count). The Morgan fingerprint density at radius 2 is 1.00 bits per heavy atom. The fraction of sp³-hybridized carbons (Fsp3) is 0.854. The van der Waals surface area contributed by atoms with E-state index in [1.54, 1.807) is 6.08 Å². The van der Waals surface area contributed by atoms with Crippen LogP contribution in [0.1, 0.15) is 168 Å². The molecule has 0 spiro atoms. The summed E-state index contributed by atoms with van der Waals surface area (Å²) in [6, 6.07) is -0.937. The van der Waals surface area contributed by atoms with Crippen molar-refractivity contribution >= 4 is 5.91 Å². The van der Waals surface area contributed by atoms with Crippen LogP contribution < -0.4 is 5.32 Å². The van der Waals surface area contributed by atoms with Gasteiger partial charge in [0.05, 0.1) is 32.0 Å². The lowest BCUT2D eigenvalue weighted by Gasteiger charge is -2.46. The van der Waals surface area contributed by atoms with E-state index in [-0.39, 0.29) is 6.61 Å². The second-order valence-corrected chi connectivity index (χ2v) is 17.3. The third kappa shape index (κ3) is 23.4. The van der Waals surface area contributed by atoms with Crippen molar-refractivity contribution < 1.29 is 64.6 Å². The normalized spacial score (nSPS) is 28.0. The van der Waals surface area contributed by atoms with Crippen LogP contribution >= 0.6 is 0 Å². The molecule has 9 N–H and O–H groups in total. The van der Waals surface area contributed by atoms with E-state index in [2.05, 4.69) is 36.5 Å². The molecule has 2 fully saturated rings. The molecule has 1 amide bonds. The Kier molecular flexibility index (Phi) is 32.2. The van der Waals surface area contributed by atoms with E-state index in [9.17, 15) is 45.6 Å². The molecule has 12 unspecified atom stereocenters. The van der Waals surface area contributed by atoms with Crippen molar-refractivity contribution in [3.63, 3.8) is 0 Å². The van der Waals surface area contributed by atoms with Gasteiger partial charge in [-0.3, -0.25) is 4.79 Å². The Hall–Kier alpha value is -1.79. The Morgan fingerprint density at radius 3 is 1.48 bits per heavy atom. The van der Waals surface area contributed by atoms with Crippen molar-refractivity contribution in [2.45, 2.75) is 242 Å². The van der Waals surface area contributed by atoms with Gasteiger partial charge in [0, 0.05) is 6.92 Å². The van der Waals surface area contributed by atoms with Gasteiger partial charge in [0.1, 0.15) is 48.8 Å². The van der Waals surface area contributed by atoms with Gasteiger partial charge in [-0.1, -0.05) is 159 Å². The molecule has 2 aliphatic rings. The predicted octanol–water partition coefficient (Wildman–Crippen LogP) is 5.54. The van der Waals surface area contributed by atoms with E-state index in [1.807, 2.05) is 6.08 Å². The van der Waals surface area contributed by atoms with Gasteiger partial charge in [0.25, 0.3) is 0 Å². The van der Waals surface area contributed by atoms with E-state index >= 15 is 0 Å². The number of unbranched alkanes of at least 4 members (excludes halogenated alkanes) is 21. The molecule has 0 radical (unpaired) electrons. The predicted molar refractivity (Wildman–Crippen MR) is 240 cm³/mol. The Morgan fingerprint density at radius 1 is 0.565 bits per heavy atom. The highest BCUT2D eigenvalue weighted by atomic mass is 16.7. The van der Waals surface area contributed by atoms with Crippen molar-refractivity contribution in [1.82, 2.24) is 5.32 Å². The topological polar surface area (TPSA) is 228 Å². The molecule has 14 heteroatoms. The number of carbonyl (C=O) groups is 1. The first-order valence-corrected chi connectivity index (χ1v) is 24.2. The standard InChI is InChI=1S/C48H87NO13/c1-3-4-5-6-7-8-9-10-11-12-13-14-15-16-17-18-19-20-21-22-23-24-25-26-27-28-29-30-31-32-38(53)37(49-36(2)52)35-59-47-45(58)43(56)46(40(34-51)61-47)62-48-44(57)42(55)41(54)39(33-50)60-48/h23-24,27-28,31-32,37-48,50-51,53-58H,3-22,25-26,29-30,33-35H2,1-2H3,(H,49,52)/b24-23+,28-27+,32-31+. The highest BCUT2D eigenvalue weighted by Crippen LogP contribution is 2.30. The average molecular weight is 886 g/mol. The van der Waals surface area contributed by atoms with Crippen LogP contribution in [0, 0.1) is 0 Å². The Labute approximate surface area is 372 Å². The van der Waals surface area contributed by atoms with Crippen LogP contribution in [0.25, 0.3) is 0 Å². The van der Waals surface area contributed by atoms with E-state index in [1.165, 1.54) is 129 Å². The number of carbonyl (C=O) groups excluding carboxylic acids is 1. The van der Waals surface area contributed by atoms with Crippen molar-refractivity contribution in [3.8, 4) is 0 Å². The monoisotopic (exact) mass is 886 g/mol. The fourth-order valence-corrected chi connectivity index (χ4v) is 7.94. The number of hydrogen-bond donors (Lipinski definition) is 9. The molecule has 2 aliphatic heterocycles. The zero-order chi connectivity index (χ0) is 45.4. The number of aliphatic hydroxyl groups excluding tert-OH is 8. The van der Waals surface area contributed by atoms with Gasteiger partial charge in [0.2, 0.25) is 5.91 Å². The molecule has 62 heavy (non-hydrogen) atoms. The number of hydrogen-bond acceptors (Lipinski definition) is 13. The van der Waals surface area contributed by atoms with Crippen molar-refractivity contribution in [2.75, 3.05) is 19.8 Å². The minimum atomic E-state index is -1.79. The number of allylic oxidation sites excluding steroid dienone is 5. The first-order valence-electron chi connectivity index (χ1n) is 24.2. The van der Waals surface area contributed by atoms with Crippen LogP contribution in [0.15, 0.2) is 36.5 Å². The molecule has 12 atom stereocenters.